The minimum absolute atomic E-state index is 0.0253. The normalized spacial score (nSPS) is 24.6. The first kappa shape index (κ1) is 24.9. The molecule has 3 aromatic heterocycles. The molecule has 3 aromatic rings. The van der Waals surface area contributed by atoms with Gasteiger partial charge in [-0.25, -0.2) is 27.8 Å². The molecule has 1 aliphatic heterocycles. The van der Waals surface area contributed by atoms with Crippen LogP contribution in [0.25, 0.3) is 10.9 Å². The number of hydrogen-bond donors (Lipinski definition) is 2. The van der Waals surface area contributed by atoms with Gasteiger partial charge in [0.25, 0.3) is 0 Å². The van der Waals surface area contributed by atoms with Crippen molar-refractivity contribution >= 4 is 38.2 Å². The smallest absolute Gasteiger partial charge is 0.165 e. The van der Waals surface area contributed by atoms with E-state index in [1.54, 1.807) is 39.2 Å². The van der Waals surface area contributed by atoms with Crippen molar-refractivity contribution in [1.29, 1.82) is 0 Å². The van der Waals surface area contributed by atoms with Crippen LogP contribution in [0.15, 0.2) is 41.8 Å². The number of anilines is 2. The van der Waals surface area contributed by atoms with Gasteiger partial charge in [0, 0.05) is 17.1 Å². The van der Waals surface area contributed by atoms with Crippen LogP contribution < -0.4 is 15.8 Å². The van der Waals surface area contributed by atoms with Crippen molar-refractivity contribution < 1.29 is 17.5 Å². The molecule has 1 saturated carbocycles. The van der Waals surface area contributed by atoms with Crippen molar-refractivity contribution in [3.63, 3.8) is 0 Å². The molecule has 0 amide bonds. The average Bonchev–Trinajstić information content (AvgIpc) is 3.69. The Kier molecular flexibility index (Phi) is 6.02. The highest BCUT2D eigenvalue weighted by molar-refractivity contribution is 7.93. The number of fused-ring (bicyclic) bond motifs is 1. The summed E-state index contributed by atoms with van der Waals surface area (Å²) in [6, 6.07) is 5.05. The Morgan fingerprint density at radius 1 is 1.22 bits per heavy atom. The number of sulfone groups is 1. The maximum absolute atomic E-state index is 15.1. The van der Waals surface area contributed by atoms with Gasteiger partial charge in [0.05, 0.1) is 18.1 Å². The summed E-state index contributed by atoms with van der Waals surface area (Å²) in [5.74, 6) is 5.77. The molecule has 1 fully saturated rings. The van der Waals surface area contributed by atoms with Crippen molar-refractivity contribution in [3.8, 4) is 17.6 Å². The van der Waals surface area contributed by atoms with Gasteiger partial charge in [-0.15, -0.1) is 5.92 Å². The van der Waals surface area contributed by atoms with Crippen molar-refractivity contribution in [3.05, 3.63) is 48.2 Å². The first-order chi connectivity index (χ1) is 17.6. The number of amidine groups is 1. The minimum atomic E-state index is -3.70. The van der Waals surface area contributed by atoms with E-state index in [1.165, 1.54) is 6.07 Å². The number of aliphatic imine (C=N–C) groups is 1. The molecular weight excluding hydrogens is 495 g/mol. The number of nitrogens with one attached hydrogen (secondary N) is 1. The highest BCUT2D eigenvalue weighted by Crippen LogP contribution is 2.49. The van der Waals surface area contributed by atoms with Gasteiger partial charge in [-0.3, -0.25) is 4.99 Å². The highest BCUT2D eigenvalue weighted by Gasteiger charge is 2.59. The van der Waals surface area contributed by atoms with E-state index in [4.69, 9.17) is 10.5 Å². The molecule has 0 aromatic carbocycles. The number of nitrogens with two attached hydrogens (primary N) is 1. The second-order valence-electron chi connectivity index (χ2n) is 9.70. The number of rotatable bonds is 6. The highest BCUT2D eigenvalue weighted by atomic mass is 32.2. The van der Waals surface area contributed by atoms with Crippen molar-refractivity contribution in [2.75, 3.05) is 17.7 Å². The van der Waals surface area contributed by atoms with Crippen LogP contribution in [-0.2, 0) is 15.4 Å². The van der Waals surface area contributed by atoms with Crippen LogP contribution in [0.2, 0.25) is 0 Å². The molecule has 11 heteroatoms. The average molecular weight is 523 g/mol. The fraction of sp³-hybridized carbons (Fsp3) is 0.385. The molecule has 2 aliphatic rings. The second-order valence-corrected chi connectivity index (χ2v) is 12.1. The first-order valence-corrected chi connectivity index (χ1v) is 13.5. The van der Waals surface area contributed by atoms with E-state index in [1.807, 2.05) is 6.07 Å². The zero-order chi connectivity index (χ0) is 26.4. The standard InChI is InChI=1S/C26H27FN6O3S/c1-4-5-10-36-18-11-16-8-9-29-23(22(16)31-13-18)32-21-12-19(20(27)14-30-21)25(2)15-37(34,35)26(3,17-6-7-17)24(28)33-25/h8-9,11-14,17H,6-7,10,15H2,1-3H3,(H2,28,33)(H,29,30,32)/t25-,26-/m0/s1. The van der Waals surface area contributed by atoms with E-state index in [-0.39, 0.29) is 35.5 Å². The number of nitrogens with zero attached hydrogens (tertiary/aromatic N) is 4. The Morgan fingerprint density at radius 2 is 2.00 bits per heavy atom. The molecular formula is C26H27FN6O3S. The topological polar surface area (TPSA) is 132 Å². The number of ether oxygens (including phenoxy) is 1. The lowest BCUT2D eigenvalue weighted by molar-refractivity contribution is 0.369. The molecule has 5 rings (SSSR count). The number of halogens is 1. The Balaban J connectivity index is 1.48. The maximum atomic E-state index is 15.1. The van der Waals surface area contributed by atoms with Gasteiger partial charge in [0.2, 0.25) is 0 Å². The Morgan fingerprint density at radius 3 is 2.70 bits per heavy atom. The van der Waals surface area contributed by atoms with Gasteiger partial charge in [-0.05, 0) is 57.7 Å². The number of aromatic nitrogens is 3. The second kappa shape index (κ2) is 8.95. The molecule has 2 atom stereocenters. The van der Waals surface area contributed by atoms with E-state index < -0.39 is 25.9 Å². The predicted octanol–water partition coefficient (Wildman–Crippen LogP) is 3.48. The Labute approximate surface area is 214 Å². The van der Waals surface area contributed by atoms with Gasteiger partial charge < -0.3 is 15.8 Å². The third-order valence-electron chi connectivity index (χ3n) is 7.09. The van der Waals surface area contributed by atoms with Crippen molar-refractivity contribution in [2.24, 2.45) is 16.6 Å². The van der Waals surface area contributed by atoms with Crippen molar-refractivity contribution in [2.45, 2.75) is 43.9 Å². The maximum Gasteiger partial charge on any atom is 0.165 e. The molecule has 37 heavy (non-hydrogen) atoms. The summed E-state index contributed by atoms with van der Waals surface area (Å²) in [4.78, 5) is 17.5. The summed E-state index contributed by atoms with van der Waals surface area (Å²) in [7, 11) is -3.70. The summed E-state index contributed by atoms with van der Waals surface area (Å²) >= 11 is 0. The quantitative estimate of drug-likeness (QED) is 0.470. The lowest BCUT2D eigenvalue weighted by atomic mass is 9.93. The van der Waals surface area contributed by atoms with Crippen LogP contribution in [0.3, 0.4) is 0 Å². The Bertz CT molecular complexity index is 1590. The molecule has 0 unspecified atom stereocenters. The largest absolute Gasteiger partial charge is 0.479 e. The molecule has 192 valence electrons. The molecule has 0 radical (unpaired) electrons. The van der Waals surface area contributed by atoms with Crippen LogP contribution in [0.4, 0.5) is 16.0 Å². The zero-order valence-electron chi connectivity index (χ0n) is 20.7. The summed E-state index contributed by atoms with van der Waals surface area (Å²) in [6.07, 6.45) is 5.78. The van der Waals surface area contributed by atoms with Gasteiger partial charge in [-0.2, -0.15) is 0 Å². The fourth-order valence-electron chi connectivity index (χ4n) is 4.77. The Hall–Kier alpha value is -3.78. The predicted molar refractivity (Wildman–Crippen MR) is 140 cm³/mol. The molecule has 4 heterocycles. The summed E-state index contributed by atoms with van der Waals surface area (Å²) < 4.78 is 46.2. The molecule has 0 bridgehead atoms. The van der Waals surface area contributed by atoms with Crippen LogP contribution in [0, 0.1) is 23.6 Å². The third-order valence-corrected chi connectivity index (χ3v) is 9.87. The third kappa shape index (κ3) is 4.35. The summed E-state index contributed by atoms with van der Waals surface area (Å²) in [5, 5.41) is 3.84. The molecule has 0 saturated heterocycles. The molecule has 3 N–H and O–H groups in total. The zero-order valence-corrected chi connectivity index (χ0v) is 21.6. The van der Waals surface area contributed by atoms with E-state index in [2.05, 4.69) is 37.1 Å². The number of hydrogen-bond acceptors (Lipinski definition) is 9. The van der Waals surface area contributed by atoms with E-state index >= 15 is 4.39 Å². The van der Waals surface area contributed by atoms with Crippen LogP contribution in [0.1, 0.15) is 39.2 Å². The van der Waals surface area contributed by atoms with Gasteiger partial charge in [0.15, 0.2) is 15.7 Å². The van der Waals surface area contributed by atoms with Crippen LogP contribution >= 0.6 is 0 Å². The van der Waals surface area contributed by atoms with E-state index in [9.17, 15) is 8.42 Å². The first-order valence-electron chi connectivity index (χ1n) is 11.9. The van der Waals surface area contributed by atoms with E-state index in [0.29, 0.717) is 17.1 Å². The van der Waals surface area contributed by atoms with E-state index in [0.717, 1.165) is 24.4 Å². The van der Waals surface area contributed by atoms with Gasteiger partial charge in [-0.1, -0.05) is 5.92 Å². The summed E-state index contributed by atoms with van der Waals surface area (Å²) in [6.45, 7) is 5.19. The minimum Gasteiger partial charge on any atom is -0.479 e. The monoisotopic (exact) mass is 522 g/mol. The van der Waals surface area contributed by atoms with Gasteiger partial charge >= 0.3 is 0 Å². The lowest BCUT2D eigenvalue weighted by Gasteiger charge is -2.40. The lowest BCUT2D eigenvalue weighted by Crippen LogP contribution is -2.58. The molecule has 1 aliphatic carbocycles. The van der Waals surface area contributed by atoms with Crippen LogP contribution in [-0.4, -0.2) is 46.3 Å². The number of pyridine rings is 3. The van der Waals surface area contributed by atoms with Gasteiger partial charge in [0.1, 0.15) is 45.6 Å². The van der Waals surface area contributed by atoms with Crippen LogP contribution in [0.5, 0.6) is 5.75 Å². The molecule has 0 spiro atoms. The summed E-state index contributed by atoms with van der Waals surface area (Å²) in [5.41, 5.74) is 5.48. The molecule has 9 nitrogen and oxygen atoms in total. The SMILES string of the molecule is CC#CCOc1cnc2c(Nc3cc([C@]4(C)CS(=O)(=O)[C@@](C)(C5CC5)C(N)=N4)c(F)cn3)nccc2c1. The fourth-order valence-corrected chi connectivity index (χ4v) is 7.13. The van der Waals surface area contributed by atoms with Crippen molar-refractivity contribution in [1.82, 2.24) is 15.0 Å².